The van der Waals surface area contributed by atoms with E-state index in [9.17, 15) is 19.2 Å². The van der Waals surface area contributed by atoms with Crippen LogP contribution in [0.5, 0.6) is 0 Å². The number of imidazole rings is 2. The van der Waals surface area contributed by atoms with E-state index in [1.165, 1.54) is 36.5 Å². The zero-order valence-electron chi connectivity index (χ0n) is 43.4. The van der Waals surface area contributed by atoms with Gasteiger partial charge in [0.05, 0.1) is 48.4 Å². The molecule has 4 aromatic rings. The van der Waals surface area contributed by atoms with E-state index >= 15 is 0 Å². The van der Waals surface area contributed by atoms with Crippen LogP contribution in [-0.2, 0) is 19.1 Å². The Morgan fingerprint density at radius 3 is 1.85 bits per heavy atom. The number of nitrogens with one attached hydrogen (secondary N) is 4. The van der Waals surface area contributed by atoms with Gasteiger partial charge in [-0.2, -0.15) is 0 Å². The van der Waals surface area contributed by atoms with Crippen molar-refractivity contribution in [3.63, 3.8) is 0 Å². The molecule has 4 amide bonds. The van der Waals surface area contributed by atoms with Crippen molar-refractivity contribution in [2.45, 2.75) is 148 Å². The average molecular weight is 979 g/mol. The summed E-state index contributed by atoms with van der Waals surface area (Å²) in [4.78, 5) is 74.6. The van der Waals surface area contributed by atoms with Gasteiger partial charge in [-0.15, -0.1) is 0 Å². The van der Waals surface area contributed by atoms with Gasteiger partial charge in [0.1, 0.15) is 23.7 Å². The van der Waals surface area contributed by atoms with Gasteiger partial charge < -0.3 is 39.9 Å². The molecule has 4 unspecified atom stereocenters. The Bertz CT molecular complexity index is 2850. The molecule has 2 aliphatic heterocycles. The van der Waals surface area contributed by atoms with Crippen molar-refractivity contribution < 1.29 is 28.7 Å². The molecule has 4 N–H and O–H groups in total. The van der Waals surface area contributed by atoms with Crippen LogP contribution in [0.15, 0.2) is 84.5 Å². The first-order chi connectivity index (χ1) is 34.6. The third-order valence-electron chi connectivity index (χ3n) is 16.4. The highest BCUT2D eigenvalue weighted by Crippen LogP contribution is 2.52. The van der Waals surface area contributed by atoms with Gasteiger partial charge in [0.15, 0.2) is 0 Å². The molecule has 4 fully saturated rings. The number of alkyl carbamates (subject to hydrolysis) is 2. The van der Waals surface area contributed by atoms with Crippen LogP contribution in [0.1, 0.15) is 147 Å². The molecular weight excluding hydrogens is 905 g/mol. The number of piperidine rings is 2. The molecular formula is C58H74N8O6. The van der Waals surface area contributed by atoms with E-state index in [1.807, 2.05) is 43.6 Å². The minimum atomic E-state index is -0.691. The lowest BCUT2D eigenvalue weighted by molar-refractivity contribution is -0.140. The molecule has 5 aliphatic rings. The van der Waals surface area contributed by atoms with Crippen LogP contribution in [-0.4, -0.2) is 92.1 Å². The van der Waals surface area contributed by atoms with Gasteiger partial charge in [0.2, 0.25) is 11.8 Å². The molecule has 2 saturated heterocycles. The summed E-state index contributed by atoms with van der Waals surface area (Å²) in [6.07, 6.45) is 20.3. The summed E-state index contributed by atoms with van der Waals surface area (Å²) < 4.78 is 9.78. The molecule has 0 radical (unpaired) electrons. The maximum Gasteiger partial charge on any atom is 0.407 e. The van der Waals surface area contributed by atoms with E-state index in [2.05, 4.69) is 102 Å². The zero-order chi connectivity index (χ0) is 51.0. The quantitative estimate of drug-likeness (QED) is 0.115. The summed E-state index contributed by atoms with van der Waals surface area (Å²) in [6.45, 7) is 16.4. The molecule has 382 valence electrons. The molecule has 2 saturated carbocycles. The summed E-state index contributed by atoms with van der Waals surface area (Å²) in [6, 6.07) is 11.4. The summed E-state index contributed by atoms with van der Waals surface area (Å²) in [5.41, 5.74) is 10.8. The number of carbonyl (C=O) groups is 4. The van der Waals surface area contributed by atoms with Crippen LogP contribution >= 0.6 is 0 Å². The topological polar surface area (TPSA) is 175 Å². The largest absolute Gasteiger partial charge is 0.453 e. The van der Waals surface area contributed by atoms with E-state index in [0.717, 1.165) is 115 Å². The zero-order valence-corrected chi connectivity index (χ0v) is 43.4. The average Bonchev–Trinajstić information content (AvgIpc) is 4.25. The second-order valence-corrected chi connectivity index (χ2v) is 21.8. The lowest BCUT2D eigenvalue weighted by Crippen LogP contribution is -2.54. The third kappa shape index (κ3) is 10.1. The van der Waals surface area contributed by atoms with Crippen LogP contribution in [0.3, 0.4) is 0 Å². The molecule has 9 rings (SSSR count). The van der Waals surface area contributed by atoms with Crippen LogP contribution in [0, 0.1) is 29.6 Å². The molecule has 9 atom stereocenters. The molecule has 4 heterocycles. The van der Waals surface area contributed by atoms with Crippen molar-refractivity contribution >= 4 is 57.2 Å². The molecule has 4 bridgehead atoms. The predicted molar refractivity (Wildman–Crippen MR) is 282 cm³/mol. The Kier molecular flexibility index (Phi) is 15.0. The molecule has 3 aliphatic carbocycles. The number of carbonyl (C=O) groups excluding carboxylic acids is 4. The first-order valence-electron chi connectivity index (χ1n) is 26.4. The van der Waals surface area contributed by atoms with Crippen LogP contribution in [0.2, 0.25) is 0 Å². The number of ether oxygens (including phenoxy) is 2. The fourth-order valence-electron chi connectivity index (χ4n) is 12.5. The number of hydrogen-bond donors (Lipinski definition) is 4. The Morgan fingerprint density at radius 2 is 1.31 bits per heavy atom. The SMILES string of the molecule is C=C/C=C1\C=C(\c2ccc3nc([C@@H]4C5CCC(C5)N4C(=O)[C@@H](NC(=O)OC)C(C)C)[nH]c3c2)CCC[C@@H](C)/C=C\C(=C(/C)c2ccc3nc([C@@H]4C5CCC(C5)N4C(=O)[C@@H](NC(=O)OC)C(C)C)[nH]c3c2)CC1. The molecule has 2 aromatic heterocycles. The highest BCUT2D eigenvalue weighted by atomic mass is 16.5. The third-order valence-corrected chi connectivity index (χ3v) is 16.4. The summed E-state index contributed by atoms with van der Waals surface area (Å²) in [5, 5.41) is 5.60. The second-order valence-electron chi connectivity index (χ2n) is 21.8. The Labute approximate surface area is 424 Å². The Balaban J connectivity index is 0.965. The number of methoxy groups -OCH3 is 2. The molecule has 14 heteroatoms. The molecule has 14 nitrogen and oxygen atoms in total. The van der Waals surface area contributed by atoms with Gasteiger partial charge in [0, 0.05) is 12.1 Å². The first kappa shape index (κ1) is 50.5. The van der Waals surface area contributed by atoms with E-state index < -0.39 is 24.3 Å². The number of nitrogens with zero attached hydrogens (tertiary/aromatic N) is 4. The van der Waals surface area contributed by atoms with Crippen molar-refractivity contribution in [1.82, 2.24) is 40.4 Å². The van der Waals surface area contributed by atoms with Gasteiger partial charge in [-0.05, 0) is 165 Å². The van der Waals surface area contributed by atoms with Crippen LogP contribution in [0.4, 0.5) is 9.59 Å². The van der Waals surface area contributed by atoms with Gasteiger partial charge in [-0.1, -0.05) is 83.7 Å². The number of amides is 4. The molecule has 2 aromatic carbocycles. The van der Waals surface area contributed by atoms with E-state index in [1.54, 1.807) is 0 Å². The summed E-state index contributed by atoms with van der Waals surface area (Å²) >= 11 is 0. The standard InChI is InChI=1S/C58H74N8O6/c1-10-12-36-16-18-37(35(7)38-21-25-45-47(30-38)61-53(59-45)51-41-19-23-43(28-41)65(51)55(67)49(32(2)3)63-57(69)71-8)17-15-34(6)13-11-14-39(27-36)40-22-26-46-48(31-40)62-54(60-46)52-42-20-24-44(29-42)66(52)56(68)50(33(4)5)64-58(70)72-9/h10,12,15,17,21-22,25-27,30-34,41-44,49-52H,1,11,13-14,16,18-20,23-24,28-29H2,2-9H3,(H,59,61)(H,60,62)(H,63,69)(H,64,70)/b17-15-,36-12-,37-35-,39-27+/t34-,41?,42?,43?,44?,49+,50+,51+,52+/m1/s1. The van der Waals surface area contributed by atoms with Crippen molar-refractivity contribution in [3.05, 3.63) is 107 Å². The van der Waals surface area contributed by atoms with Gasteiger partial charge in [0.25, 0.3) is 0 Å². The number of fused-ring (bicyclic) bond motifs is 6. The number of benzene rings is 2. The van der Waals surface area contributed by atoms with E-state index in [4.69, 9.17) is 19.4 Å². The van der Waals surface area contributed by atoms with E-state index in [-0.39, 0.29) is 47.8 Å². The Morgan fingerprint density at radius 1 is 0.750 bits per heavy atom. The van der Waals surface area contributed by atoms with Crippen LogP contribution in [0.25, 0.3) is 33.2 Å². The smallest absolute Gasteiger partial charge is 0.407 e. The number of likely N-dealkylation sites (tertiary alicyclic amines) is 2. The molecule has 72 heavy (non-hydrogen) atoms. The van der Waals surface area contributed by atoms with Crippen molar-refractivity contribution in [1.29, 1.82) is 0 Å². The number of hydrogen-bond acceptors (Lipinski definition) is 8. The maximum absolute atomic E-state index is 14.2. The molecule has 0 spiro atoms. The number of H-pyrrole nitrogens is 2. The fourth-order valence-corrected chi connectivity index (χ4v) is 12.5. The predicted octanol–water partition coefficient (Wildman–Crippen LogP) is 11.4. The maximum atomic E-state index is 14.2. The lowest BCUT2D eigenvalue weighted by atomic mass is 9.90. The highest BCUT2D eigenvalue weighted by molar-refractivity contribution is 5.89. The van der Waals surface area contributed by atoms with E-state index in [0.29, 0.717) is 17.8 Å². The Hall–Kier alpha value is -6.44. The highest BCUT2D eigenvalue weighted by Gasteiger charge is 2.53. The fraction of sp³-hybridized carbons (Fsp3) is 0.517. The van der Waals surface area contributed by atoms with Gasteiger partial charge >= 0.3 is 12.2 Å². The normalized spacial score (nSPS) is 27.6. The number of aromatic nitrogens is 4. The minimum Gasteiger partial charge on any atom is -0.453 e. The van der Waals surface area contributed by atoms with Crippen LogP contribution < -0.4 is 10.6 Å². The first-order valence-corrected chi connectivity index (χ1v) is 26.4. The number of aromatic amines is 2. The summed E-state index contributed by atoms with van der Waals surface area (Å²) in [5.74, 6) is 2.19. The second kappa shape index (κ2) is 21.3. The minimum absolute atomic E-state index is 0.0826. The van der Waals surface area contributed by atoms with Crippen molar-refractivity contribution in [3.8, 4) is 0 Å². The summed E-state index contributed by atoms with van der Waals surface area (Å²) in [7, 11) is 2.64. The van der Waals surface area contributed by atoms with Gasteiger partial charge in [-0.3, -0.25) is 9.59 Å². The van der Waals surface area contributed by atoms with Crippen molar-refractivity contribution in [2.24, 2.45) is 29.6 Å². The monoisotopic (exact) mass is 979 g/mol. The number of rotatable bonds is 11. The number of allylic oxidation sites excluding steroid dienone is 9. The van der Waals surface area contributed by atoms with Gasteiger partial charge in [-0.25, -0.2) is 19.6 Å². The van der Waals surface area contributed by atoms with Crippen molar-refractivity contribution in [2.75, 3.05) is 14.2 Å². The lowest BCUT2D eigenvalue weighted by Gasteiger charge is -2.37.